The molecule has 0 bridgehead atoms. The van der Waals surface area contributed by atoms with Crippen LogP contribution in [0.15, 0.2) is 77.3 Å². The van der Waals surface area contributed by atoms with Crippen molar-refractivity contribution in [2.75, 3.05) is 7.11 Å². The Kier molecular flexibility index (Phi) is 5.94. The second kappa shape index (κ2) is 8.86. The van der Waals surface area contributed by atoms with Crippen molar-refractivity contribution >= 4 is 33.9 Å². The van der Waals surface area contributed by atoms with Gasteiger partial charge in [0.05, 0.1) is 7.11 Å². The van der Waals surface area contributed by atoms with Gasteiger partial charge in [-0.3, -0.25) is 0 Å². The monoisotopic (exact) mass is 460 g/mol. The predicted molar refractivity (Wildman–Crippen MR) is 127 cm³/mol. The fraction of sp³-hybridized carbons (Fsp3) is 0.111. The van der Waals surface area contributed by atoms with E-state index in [-0.39, 0.29) is 33.8 Å². The highest BCUT2D eigenvalue weighted by Crippen LogP contribution is 2.43. The minimum atomic E-state index is -0.611. The molecule has 0 aliphatic rings. The van der Waals surface area contributed by atoms with Gasteiger partial charge in [-0.2, -0.15) is 0 Å². The standard InChI is InChI=1S/C27H21FO6/c1-14(2)26(29)32-17-8-6-16(7-9-17)18-10-11-19-20-12-13-21(33-27(30)15(3)4)25(31-5)24(20)34-23(19)22(18)28/h6-13H,1,3H2,2,4-5H3. The highest BCUT2D eigenvalue weighted by atomic mass is 19.1. The van der Waals surface area contributed by atoms with Crippen LogP contribution in [-0.2, 0) is 9.59 Å². The van der Waals surface area contributed by atoms with E-state index in [0.29, 0.717) is 27.6 Å². The lowest BCUT2D eigenvalue weighted by molar-refractivity contribution is -0.131. The molecule has 0 radical (unpaired) electrons. The minimum Gasteiger partial charge on any atom is -0.490 e. The molecule has 0 saturated carbocycles. The number of hydrogen-bond acceptors (Lipinski definition) is 6. The summed E-state index contributed by atoms with van der Waals surface area (Å²) in [7, 11) is 1.41. The van der Waals surface area contributed by atoms with Crippen molar-refractivity contribution in [3.8, 4) is 28.4 Å². The van der Waals surface area contributed by atoms with Gasteiger partial charge in [0.25, 0.3) is 0 Å². The molecule has 0 spiro atoms. The molecule has 0 amide bonds. The fourth-order valence-electron chi connectivity index (χ4n) is 3.41. The minimum absolute atomic E-state index is 0.0342. The van der Waals surface area contributed by atoms with Gasteiger partial charge in [0.15, 0.2) is 22.7 Å². The van der Waals surface area contributed by atoms with Crippen LogP contribution in [-0.4, -0.2) is 19.0 Å². The number of carbonyl (C=O) groups excluding carboxylic acids is 2. The van der Waals surface area contributed by atoms with Crippen LogP contribution in [0.3, 0.4) is 0 Å². The number of ether oxygens (including phenoxy) is 3. The number of esters is 2. The van der Waals surface area contributed by atoms with Gasteiger partial charge in [0.2, 0.25) is 5.75 Å². The molecule has 0 aliphatic carbocycles. The van der Waals surface area contributed by atoms with E-state index >= 15 is 4.39 Å². The lowest BCUT2D eigenvalue weighted by Crippen LogP contribution is -2.09. The Morgan fingerprint density at radius 3 is 2.03 bits per heavy atom. The molecule has 0 unspecified atom stereocenters. The molecule has 6 nitrogen and oxygen atoms in total. The summed E-state index contributed by atoms with van der Waals surface area (Å²) < 4.78 is 37.3. The molecule has 1 heterocycles. The molecule has 4 rings (SSSR count). The molecule has 0 atom stereocenters. The Labute approximate surface area is 194 Å². The van der Waals surface area contributed by atoms with Crippen LogP contribution in [0.5, 0.6) is 17.2 Å². The summed E-state index contributed by atoms with van der Waals surface area (Å²) >= 11 is 0. The number of benzene rings is 3. The van der Waals surface area contributed by atoms with Crippen LogP contribution >= 0.6 is 0 Å². The quantitative estimate of drug-likeness (QED) is 0.189. The fourth-order valence-corrected chi connectivity index (χ4v) is 3.41. The molecule has 1 aromatic heterocycles. The summed E-state index contributed by atoms with van der Waals surface area (Å²) in [5.41, 5.74) is 1.66. The normalized spacial score (nSPS) is 10.8. The second-order valence-corrected chi connectivity index (χ2v) is 7.74. The molecule has 3 aromatic carbocycles. The zero-order valence-corrected chi connectivity index (χ0v) is 18.9. The molecule has 4 aromatic rings. The summed E-state index contributed by atoms with van der Waals surface area (Å²) in [6, 6.07) is 13.1. The van der Waals surface area contributed by atoms with Crippen molar-refractivity contribution < 1.29 is 32.6 Å². The van der Waals surface area contributed by atoms with E-state index in [2.05, 4.69) is 13.2 Å². The van der Waals surface area contributed by atoms with Crippen molar-refractivity contribution in [3.05, 3.63) is 78.7 Å². The van der Waals surface area contributed by atoms with Crippen molar-refractivity contribution in [3.63, 3.8) is 0 Å². The van der Waals surface area contributed by atoms with E-state index in [1.54, 1.807) is 55.5 Å². The molecular formula is C27H21FO6. The highest BCUT2D eigenvalue weighted by Gasteiger charge is 2.22. The number of rotatable bonds is 6. The van der Waals surface area contributed by atoms with Gasteiger partial charge in [0, 0.05) is 27.5 Å². The van der Waals surface area contributed by atoms with Gasteiger partial charge in [-0.05, 0) is 49.7 Å². The van der Waals surface area contributed by atoms with Gasteiger partial charge in [-0.25, -0.2) is 14.0 Å². The third-order valence-corrected chi connectivity index (χ3v) is 5.15. The first-order valence-electron chi connectivity index (χ1n) is 10.3. The third kappa shape index (κ3) is 4.03. The van der Waals surface area contributed by atoms with Gasteiger partial charge in [-0.15, -0.1) is 0 Å². The molecule has 0 N–H and O–H groups in total. The maximum atomic E-state index is 15.5. The first-order chi connectivity index (χ1) is 16.2. The van der Waals surface area contributed by atoms with E-state index in [1.807, 2.05) is 0 Å². The summed E-state index contributed by atoms with van der Waals surface area (Å²) in [5.74, 6) is -1.08. The van der Waals surface area contributed by atoms with E-state index in [1.165, 1.54) is 14.0 Å². The summed E-state index contributed by atoms with van der Waals surface area (Å²) in [4.78, 5) is 23.6. The van der Waals surface area contributed by atoms with E-state index in [4.69, 9.17) is 18.6 Å². The first kappa shape index (κ1) is 22.8. The SMILES string of the molecule is C=C(C)C(=O)Oc1ccc(-c2ccc3c(oc4c(OC)c(OC(=O)C(=C)C)ccc43)c2F)cc1. The lowest BCUT2D eigenvalue weighted by Gasteiger charge is -2.09. The predicted octanol–water partition coefficient (Wildman–Crippen LogP) is 6.36. The van der Waals surface area contributed by atoms with Crippen LogP contribution < -0.4 is 14.2 Å². The number of carbonyl (C=O) groups is 2. The smallest absolute Gasteiger partial charge is 0.338 e. The second-order valence-electron chi connectivity index (χ2n) is 7.74. The summed E-state index contributed by atoms with van der Waals surface area (Å²) in [5, 5.41) is 1.15. The molecule has 0 saturated heterocycles. The largest absolute Gasteiger partial charge is 0.490 e. The zero-order chi connectivity index (χ0) is 24.6. The van der Waals surface area contributed by atoms with Crippen molar-refractivity contribution in [2.45, 2.75) is 13.8 Å². The van der Waals surface area contributed by atoms with E-state index < -0.39 is 17.8 Å². The van der Waals surface area contributed by atoms with E-state index in [0.717, 1.165) is 0 Å². The third-order valence-electron chi connectivity index (χ3n) is 5.15. The van der Waals surface area contributed by atoms with Crippen molar-refractivity contribution in [1.29, 1.82) is 0 Å². The maximum absolute atomic E-state index is 15.5. The molecule has 7 heteroatoms. The first-order valence-corrected chi connectivity index (χ1v) is 10.3. The number of furan rings is 1. The van der Waals surface area contributed by atoms with Gasteiger partial charge in [0.1, 0.15) is 5.75 Å². The number of halogens is 1. The van der Waals surface area contributed by atoms with Crippen LogP contribution in [0.1, 0.15) is 13.8 Å². The van der Waals surface area contributed by atoms with Crippen molar-refractivity contribution in [2.24, 2.45) is 0 Å². The topological polar surface area (TPSA) is 75.0 Å². The Hall–Kier alpha value is -4.39. The highest BCUT2D eigenvalue weighted by molar-refractivity contribution is 6.09. The van der Waals surface area contributed by atoms with Gasteiger partial charge in [-0.1, -0.05) is 31.4 Å². The van der Waals surface area contributed by atoms with Crippen molar-refractivity contribution in [1.82, 2.24) is 0 Å². The number of methoxy groups -OCH3 is 1. The molecule has 34 heavy (non-hydrogen) atoms. The number of hydrogen-bond donors (Lipinski definition) is 0. The van der Waals surface area contributed by atoms with Gasteiger partial charge >= 0.3 is 11.9 Å². The van der Waals surface area contributed by atoms with Crippen LogP contribution in [0.2, 0.25) is 0 Å². The van der Waals surface area contributed by atoms with Gasteiger partial charge < -0.3 is 18.6 Å². The molecule has 172 valence electrons. The molecule has 0 fully saturated rings. The Bertz CT molecular complexity index is 1480. The maximum Gasteiger partial charge on any atom is 0.338 e. The van der Waals surface area contributed by atoms with Crippen LogP contribution in [0.4, 0.5) is 4.39 Å². The number of fused-ring (bicyclic) bond motifs is 3. The molecule has 0 aliphatic heterocycles. The summed E-state index contributed by atoms with van der Waals surface area (Å²) in [6.07, 6.45) is 0. The Morgan fingerprint density at radius 2 is 1.41 bits per heavy atom. The Morgan fingerprint density at radius 1 is 0.824 bits per heavy atom. The average Bonchev–Trinajstić information content (AvgIpc) is 3.19. The average molecular weight is 460 g/mol. The molecular weight excluding hydrogens is 439 g/mol. The Balaban J connectivity index is 1.77. The lowest BCUT2D eigenvalue weighted by atomic mass is 10.0. The van der Waals surface area contributed by atoms with Crippen LogP contribution in [0.25, 0.3) is 33.1 Å². The van der Waals surface area contributed by atoms with Crippen LogP contribution in [0, 0.1) is 5.82 Å². The zero-order valence-electron chi connectivity index (χ0n) is 18.9. The summed E-state index contributed by atoms with van der Waals surface area (Å²) in [6.45, 7) is 10.2. The van der Waals surface area contributed by atoms with E-state index in [9.17, 15) is 9.59 Å².